The molecule has 0 amide bonds. The summed E-state index contributed by atoms with van der Waals surface area (Å²) in [6, 6.07) is 12.0. The van der Waals surface area contributed by atoms with Crippen LogP contribution in [-0.4, -0.2) is 32.7 Å². The topological polar surface area (TPSA) is 58.3 Å². The number of rotatable bonds is 6. The average Bonchev–Trinajstić information content (AvgIpc) is 3.28. The fourth-order valence-electron chi connectivity index (χ4n) is 2.56. The number of aromatic nitrogens is 3. The van der Waals surface area contributed by atoms with Crippen molar-refractivity contribution in [3.8, 4) is 0 Å². The van der Waals surface area contributed by atoms with Gasteiger partial charge in [0.15, 0.2) is 11.8 Å². The van der Waals surface area contributed by atoms with Gasteiger partial charge in [0.1, 0.15) is 12.4 Å². The SMILES string of the molecule is Cc1nnc(CN=C(NCc2cccs2)N(C)Cc2ccc(Cl)cc2)n1C.I. The smallest absolute Gasteiger partial charge is 0.194 e. The van der Waals surface area contributed by atoms with Crippen LogP contribution in [-0.2, 0) is 26.7 Å². The predicted molar refractivity (Wildman–Crippen MR) is 126 cm³/mol. The first-order chi connectivity index (χ1) is 13.0. The van der Waals surface area contributed by atoms with Crippen LogP contribution in [0.5, 0.6) is 0 Å². The van der Waals surface area contributed by atoms with Crippen molar-refractivity contribution < 1.29 is 0 Å². The molecule has 0 spiro atoms. The zero-order valence-electron chi connectivity index (χ0n) is 16.1. The fraction of sp³-hybridized carbons (Fsp3) is 0.316. The Bertz CT molecular complexity index is 892. The molecule has 9 heteroatoms. The number of nitrogens with one attached hydrogen (secondary N) is 1. The van der Waals surface area contributed by atoms with Crippen molar-refractivity contribution in [1.29, 1.82) is 0 Å². The lowest BCUT2D eigenvalue weighted by atomic mass is 10.2. The Morgan fingerprint density at radius 2 is 2.00 bits per heavy atom. The molecule has 0 aliphatic carbocycles. The minimum Gasteiger partial charge on any atom is -0.351 e. The number of guanidine groups is 1. The molecule has 6 nitrogen and oxygen atoms in total. The van der Waals surface area contributed by atoms with Gasteiger partial charge in [-0.2, -0.15) is 0 Å². The number of benzene rings is 1. The lowest BCUT2D eigenvalue weighted by molar-refractivity contribution is 0.474. The summed E-state index contributed by atoms with van der Waals surface area (Å²) < 4.78 is 1.96. The van der Waals surface area contributed by atoms with Crippen molar-refractivity contribution in [2.24, 2.45) is 12.0 Å². The van der Waals surface area contributed by atoms with Gasteiger partial charge < -0.3 is 14.8 Å². The van der Waals surface area contributed by atoms with E-state index >= 15 is 0 Å². The molecule has 0 atom stereocenters. The van der Waals surface area contributed by atoms with E-state index in [1.165, 1.54) is 10.4 Å². The second-order valence-electron chi connectivity index (χ2n) is 6.28. The second kappa shape index (κ2) is 10.8. The molecule has 2 aromatic heterocycles. The highest BCUT2D eigenvalue weighted by atomic mass is 127. The van der Waals surface area contributed by atoms with E-state index in [2.05, 4.69) is 37.9 Å². The van der Waals surface area contributed by atoms with E-state index in [4.69, 9.17) is 16.6 Å². The van der Waals surface area contributed by atoms with Gasteiger partial charge in [0.2, 0.25) is 0 Å². The standard InChI is InChI=1S/C19H23ClN6S.HI/c1-14-23-24-18(26(14)3)12-22-19(21-11-17-5-4-10-27-17)25(2)13-15-6-8-16(20)9-7-15;/h4-10H,11-13H2,1-3H3,(H,21,22);1H. The zero-order valence-corrected chi connectivity index (χ0v) is 20.0. The molecular weight excluding hydrogens is 507 g/mol. The Morgan fingerprint density at radius 1 is 1.25 bits per heavy atom. The minimum absolute atomic E-state index is 0. The van der Waals surface area contributed by atoms with E-state index < -0.39 is 0 Å². The van der Waals surface area contributed by atoms with Crippen LogP contribution in [0.25, 0.3) is 0 Å². The van der Waals surface area contributed by atoms with Crippen molar-refractivity contribution in [2.75, 3.05) is 7.05 Å². The molecule has 3 aromatic rings. The summed E-state index contributed by atoms with van der Waals surface area (Å²) in [6.45, 7) is 3.86. The first-order valence-electron chi connectivity index (χ1n) is 8.64. The van der Waals surface area contributed by atoms with E-state index in [9.17, 15) is 0 Å². The lowest BCUT2D eigenvalue weighted by Gasteiger charge is -2.22. The van der Waals surface area contributed by atoms with Gasteiger partial charge >= 0.3 is 0 Å². The van der Waals surface area contributed by atoms with Gasteiger partial charge in [0.05, 0.1) is 6.54 Å². The summed E-state index contributed by atoms with van der Waals surface area (Å²) in [7, 11) is 3.98. The van der Waals surface area contributed by atoms with Crippen LogP contribution in [0, 0.1) is 6.92 Å². The molecule has 150 valence electrons. The van der Waals surface area contributed by atoms with E-state index in [-0.39, 0.29) is 24.0 Å². The maximum absolute atomic E-state index is 5.99. The number of hydrogen-bond donors (Lipinski definition) is 1. The Balaban J connectivity index is 0.00000280. The number of nitrogens with zero attached hydrogens (tertiary/aromatic N) is 5. The summed E-state index contributed by atoms with van der Waals surface area (Å²) in [6.07, 6.45) is 0. The van der Waals surface area contributed by atoms with Crippen LogP contribution >= 0.6 is 46.9 Å². The van der Waals surface area contributed by atoms with E-state index in [0.29, 0.717) is 6.54 Å². The van der Waals surface area contributed by atoms with Crippen molar-refractivity contribution >= 4 is 52.9 Å². The fourth-order valence-corrected chi connectivity index (χ4v) is 3.33. The van der Waals surface area contributed by atoms with Crippen LogP contribution in [0.2, 0.25) is 5.02 Å². The third-order valence-corrected chi connectivity index (χ3v) is 5.38. The van der Waals surface area contributed by atoms with Crippen molar-refractivity contribution in [3.63, 3.8) is 0 Å². The van der Waals surface area contributed by atoms with Gasteiger partial charge in [-0.3, -0.25) is 0 Å². The van der Waals surface area contributed by atoms with Crippen LogP contribution < -0.4 is 5.32 Å². The van der Waals surface area contributed by atoms with Crippen molar-refractivity contribution in [1.82, 2.24) is 25.0 Å². The van der Waals surface area contributed by atoms with Gasteiger partial charge in [-0.25, -0.2) is 4.99 Å². The number of thiophene rings is 1. The number of hydrogen-bond acceptors (Lipinski definition) is 4. The molecule has 0 saturated heterocycles. The molecule has 1 aromatic carbocycles. The Morgan fingerprint density at radius 3 is 2.61 bits per heavy atom. The molecule has 0 unspecified atom stereocenters. The zero-order chi connectivity index (χ0) is 19.2. The Kier molecular flexibility index (Phi) is 8.71. The number of aryl methyl sites for hydroxylation is 1. The first kappa shape index (κ1) is 22.6. The van der Waals surface area contributed by atoms with Gasteiger partial charge in [0, 0.05) is 30.5 Å². The van der Waals surface area contributed by atoms with E-state index in [0.717, 1.165) is 35.7 Å². The van der Waals surface area contributed by atoms with Gasteiger partial charge in [-0.1, -0.05) is 29.8 Å². The maximum Gasteiger partial charge on any atom is 0.194 e. The molecule has 0 fully saturated rings. The van der Waals surface area contributed by atoms with Crippen molar-refractivity contribution in [3.05, 3.63) is 68.9 Å². The molecule has 28 heavy (non-hydrogen) atoms. The summed E-state index contributed by atoms with van der Waals surface area (Å²) >= 11 is 7.71. The first-order valence-corrected chi connectivity index (χ1v) is 9.90. The summed E-state index contributed by atoms with van der Waals surface area (Å²) in [5, 5.41) is 14.6. The van der Waals surface area contributed by atoms with Crippen LogP contribution in [0.1, 0.15) is 22.1 Å². The number of halogens is 2. The molecule has 0 aliphatic rings. The molecule has 3 rings (SSSR count). The second-order valence-corrected chi connectivity index (χ2v) is 7.75. The van der Waals surface area contributed by atoms with Crippen LogP contribution in [0.15, 0.2) is 46.8 Å². The molecule has 1 N–H and O–H groups in total. The molecular formula is C19H24ClIN6S. The average molecular weight is 531 g/mol. The highest BCUT2D eigenvalue weighted by Gasteiger charge is 2.10. The third-order valence-electron chi connectivity index (χ3n) is 4.25. The van der Waals surface area contributed by atoms with Gasteiger partial charge in [-0.15, -0.1) is 45.5 Å². The monoisotopic (exact) mass is 530 g/mol. The molecule has 0 saturated carbocycles. The highest BCUT2D eigenvalue weighted by Crippen LogP contribution is 2.12. The van der Waals surface area contributed by atoms with E-state index in [1.54, 1.807) is 11.3 Å². The Hall–Kier alpha value is -1.65. The quantitative estimate of drug-likeness (QED) is 0.294. The predicted octanol–water partition coefficient (Wildman–Crippen LogP) is 4.23. The molecule has 0 aliphatic heterocycles. The van der Waals surface area contributed by atoms with Gasteiger partial charge in [-0.05, 0) is 36.1 Å². The highest BCUT2D eigenvalue weighted by molar-refractivity contribution is 14.0. The van der Waals surface area contributed by atoms with Gasteiger partial charge in [0.25, 0.3) is 0 Å². The largest absolute Gasteiger partial charge is 0.351 e. The summed E-state index contributed by atoms with van der Waals surface area (Å²) in [4.78, 5) is 8.13. The van der Waals surface area contributed by atoms with Crippen molar-refractivity contribution in [2.45, 2.75) is 26.6 Å². The molecule has 2 heterocycles. The minimum atomic E-state index is 0. The third kappa shape index (κ3) is 6.18. The van der Waals surface area contributed by atoms with Crippen LogP contribution in [0.4, 0.5) is 0 Å². The normalized spacial score (nSPS) is 11.2. The molecule has 0 radical (unpaired) electrons. The van der Waals surface area contributed by atoms with Crippen LogP contribution in [0.3, 0.4) is 0 Å². The van der Waals surface area contributed by atoms with E-state index in [1.807, 2.05) is 49.9 Å². The maximum atomic E-state index is 5.99. The number of aliphatic imine (C=N–C) groups is 1. The summed E-state index contributed by atoms with van der Waals surface area (Å²) in [5.41, 5.74) is 1.17. The lowest BCUT2D eigenvalue weighted by Crippen LogP contribution is -2.38. The summed E-state index contributed by atoms with van der Waals surface area (Å²) in [5.74, 6) is 2.53. The Labute approximate surface area is 191 Å². The molecule has 0 bridgehead atoms.